The Morgan fingerprint density at radius 3 is 2.48 bits per heavy atom. The molecule has 0 aromatic heterocycles. The van der Waals surface area contributed by atoms with E-state index in [9.17, 15) is 23.2 Å². The fourth-order valence-corrected chi connectivity index (χ4v) is 2.77. The summed E-state index contributed by atoms with van der Waals surface area (Å²) in [5, 5.41) is 4.26. The van der Waals surface area contributed by atoms with Gasteiger partial charge in [0.2, 0.25) is 6.10 Å². The smallest absolute Gasteiger partial charge is 0.321 e. The highest BCUT2D eigenvalue weighted by Gasteiger charge is 2.26. The van der Waals surface area contributed by atoms with Gasteiger partial charge >= 0.3 is 12.0 Å². The molecule has 2 rings (SSSR count). The second-order valence-electron chi connectivity index (χ2n) is 5.21. The van der Waals surface area contributed by atoms with Crippen LogP contribution >= 0.6 is 11.8 Å². The number of hydrogen-bond acceptors (Lipinski definition) is 5. The number of thioether (sulfide) groups is 1. The van der Waals surface area contributed by atoms with Gasteiger partial charge in [0, 0.05) is 17.5 Å². The van der Waals surface area contributed by atoms with Crippen molar-refractivity contribution in [3.05, 3.63) is 65.7 Å². The van der Waals surface area contributed by atoms with Gasteiger partial charge in [-0.2, -0.15) is 0 Å². The molecule has 0 aliphatic carbocycles. The minimum Gasteiger partial charge on any atom is -0.447 e. The summed E-state index contributed by atoms with van der Waals surface area (Å²) in [6.07, 6.45) is -1.37. The minimum absolute atomic E-state index is 0.0574. The average molecular weight is 394 g/mol. The fraction of sp³-hybridized carbons (Fsp3) is 0.167. The van der Waals surface area contributed by atoms with E-state index in [1.54, 1.807) is 30.3 Å². The Kier molecular flexibility index (Phi) is 7.30. The molecular formula is C18H16F2N2O4S. The summed E-state index contributed by atoms with van der Waals surface area (Å²) < 4.78 is 32.0. The van der Waals surface area contributed by atoms with Crippen molar-refractivity contribution in [2.75, 3.05) is 12.8 Å². The summed E-state index contributed by atoms with van der Waals surface area (Å²) in [6.45, 7) is 0. The molecule has 2 N–H and O–H groups in total. The molecule has 0 unspecified atom stereocenters. The standard InChI is InChI=1S/C18H16F2N2O4S/c1-21-18(25)22-17(24)16(11-5-3-2-4-6-11)26-15(23)10-27-14-9-12(19)7-8-13(14)20/h2-9,16H,10H2,1H3,(H2,21,22,24,25)/t16-/m1/s1. The number of rotatable bonds is 6. The third kappa shape index (κ3) is 6.07. The Labute approximate surface area is 158 Å². The van der Waals surface area contributed by atoms with Gasteiger partial charge in [-0.25, -0.2) is 13.6 Å². The molecule has 0 fully saturated rings. The number of carbonyl (C=O) groups excluding carboxylic acids is 3. The molecule has 6 nitrogen and oxygen atoms in total. The molecule has 0 radical (unpaired) electrons. The van der Waals surface area contributed by atoms with E-state index in [1.165, 1.54) is 7.05 Å². The molecule has 9 heteroatoms. The van der Waals surface area contributed by atoms with Crippen LogP contribution < -0.4 is 10.6 Å². The molecule has 3 amide bonds. The molecule has 0 saturated heterocycles. The highest BCUT2D eigenvalue weighted by atomic mass is 32.2. The lowest BCUT2D eigenvalue weighted by Crippen LogP contribution is -2.41. The van der Waals surface area contributed by atoms with Crippen molar-refractivity contribution in [2.45, 2.75) is 11.0 Å². The zero-order valence-corrected chi connectivity index (χ0v) is 15.0. The Morgan fingerprint density at radius 1 is 1.11 bits per heavy atom. The van der Waals surface area contributed by atoms with Crippen molar-refractivity contribution in [1.82, 2.24) is 10.6 Å². The quantitative estimate of drug-likeness (QED) is 0.581. The first-order chi connectivity index (χ1) is 12.9. The molecule has 1 atom stereocenters. The van der Waals surface area contributed by atoms with E-state index in [1.807, 2.05) is 5.32 Å². The van der Waals surface area contributed by atoms with Crippen molar-refractivity contribution in [3.8, 4) is 0 Å². The number of urea groups is 1. The van der Waals surface area contributed by atoms with Crippen molar-refractivity contribution in [3.63, 3.8) is 0 Å². The van der Waals surface area contributed by atoms with Crippen LogP contribution in [0, 0.1) is 11.6 Å². The third-order valence-corrected chi connectivity index (χ3v) is 4.30. The van der Waals surface area contributed by atoms with E-state index >= 15 is 0 Å². The number of amides is 3. The average Bonchev–Trinajstić information content (AvgIpc) is 2.67. The Morgan fingerprint density at radius 2 is 1.81 bits per heavy atom. The molecule has 142 valence electrons. The maximum atomic E-state index is 13.6. The van der Waals surface area contributed by atoms with Gasteiger partial charge in [0.25, 0.3) is 5.91 Å². The second-order valence-corrected chi connectivity index (χ2v) is 6.23. The number of hydrogen-bond donors (Lipinski definition) is 2. The van der Waals surface area contributed by atoms with E-state index in [-0.39, 0.29) is 10.6 Å². The topological polar surface area (TPSA) is 84.5 Å². The van der Waals surface area contributed by atoms with E-state index in [0.29, 0.717) is 5.56 Å². The number of carbonyl (C=O) groups is 3. The maximum Gasteiger partial charge on any atom is 0.321 e. The van der Waals surface area contributed by atoms with Gasteiger partial charge in [-0.1, -0.05) is 30.3 Å². The van der Waals surface area contributed by atoms with Crippen LogP contribution in [0.5, 0.6) is 0 Å². The Hall–Kier alpha value is -2.94. The molecule has 27 heavy (non-hydrogen) atoms. The first-order valence-corrected chi connectivity index (χ1v) is 8.74. The van der Waals surface area contributed by atoms with Crippen LogP contribution in [0.15, 0.2) is 53.4 Å². The molecule has 2 aromatic carbocycles. The van der Waals surface area contributed by atoms with Gasteiger partial charge < -0.3 is 10.1 Å². The molecule has 0 aliphatic rings. The summed E-state index contributed by atoms with van der Waals surface area (Å²) in [5.74, 6) is -3.33. The second kappa shape index (κ2) is 9.67. The SMILES string of the molecule is CNC(=O)NC(=O)[C@H](OC(=O)CSc1cc(F)ccc1F)c1ccccc1. The number of esters is 1. The fourth-order valence-electron chi connectivity index (χ4n) is 2.03. The number of nitrogens with one attached hydrogen (secondary N) is 2. The summed E-state index contributed by atoms with van der Waals surface area (Å²) in [6, 6.07) is 10.2. The Balaban J connectivity index is 2.07. The third-order valence-electron chi connectivity index (χ3n) is 3.29. The predicted octanol–water partition coefficient (Wildman–Crippen LogP) is 2.80. The van der Waals surface area contributed by atoms with E-state index in [0.717, 1.165) is 30.0 Å². The number of benzene rings is 2. The summed E-state index contributed by atoms with van der Waals surface area (Å²) in [5.41, 5.74) is 0.356. The van der Waals surface area contributed by atoms with Crippen molar-refractivity contribution < 1.29 is 27.9 Å². The lowest BCUT2D eigenvalue weighted by molar-refractivity contribution is -0.153. The van der Waals surface area contributed by atoms with E-state index in [4.69, 9.17) is 4.74 Å². The van der Waals surface area contributed by atoms with Gasteiger partial charge in [-0.3, -0.25) is 14.9 Å². The lowest BCUT2D eigenvalue weighted by atomic mass is 10.1. The molecule has 0 aliphatic heterocycles. The van der Waals surface area contributed by atoms with Crippen molar-refractivity contribution in [1.29, 1.82) is 0 Å². The summed E-state index contributed by atoms with van der Waals surface area (Å²) in [7, 11) is 1.33. The molecular weight excluding hydrogens is 378 g/mol. The first kappa shape index (κ1) is 20.4. The normalized spacial score (nSPS) is 11.4. The zero-order valence-electron chi connectivity index (χ0n) is 14.2. The monoisotopic (exact) mass is 394 g/mol. The van der Waals surface area contributed by atoms with Gasteiger partial charge in [-0.05, 0) is 18.2 Å². The molecule has 0 saturated carbocycles. The molecule has 0 spiro atoms. The maximum absolute atomic E-state index is 13.6. The first-order valence-electron chi connectivity index (χ1n) is 7.75. The van der Waals surface area contributed by atoms with Crippen molar-refractivity contribution >= 4 is 29.7 Å². The van der Waals surface area contributed by atoms with Crippen molar-refractivity contribution in [2.24, 2.45) is 0 Å². The number of halogens is 2. The van der Waals surface area contributed by atoms with Crippen LogP contribution in [0.4, 0.5) is 13.6 Å². The molecule has 2 aromatic rings. The highest BCUT2D eigenvalue weighted by Crippen LogP contribution is 2.24. The Bertz CT molecular complexity index is 833. The summed E-state index contributed by atoms with van der Waals surface area (Å²) >= 11 is 0.736. The van der Waals surface area contributed by atoms with Crippen LogP contribution in [0.1, 0.15) is 11.7 Å². The zero-order chi connectivity index (χ0) is 19.8. The van der Waals surface area contributed by atoms with E-state index in [2.05, 4.69) is 5.32 Å². The predicted molar refractivity (Wildman–Crippen MR) is 95.0 cm³/mol. The number of imide groups is 1. The van der Waals surface area contributed by atoms with Crippen LogP contribution in [0.3, 0.4) is 0 Å². The molecule has 0 heterocycles. The molecule has 0 bridgehead atoms. The lowest BCUT2D eigenvalue weighted by Gasteiger charge is -2.17. The largest absolute Gasteiger partial charge is 0.447 e. The minimum atomic E-state index is -1.37. The van der Waals surface area contributed by atoms with Gasteiger partial charge in [0.1, 0.15) is 11.6 Å². The van der Waals surface area contributed by atoms with Gasteiger partial charge in [-0.15, -0.1) is 11.8 Å². The summed E-state index contributed by atoms with van der Waals surface area (Å²) in [4.78, 5) is 35.7. The van der Waals surface area contributed by atoms with E-state index < -0.39 is 35.6 Å². The van der Waals surface area contributed by atoms with Gasteiger partial charge in [0.05, 0.1) is 5.75 Å². The van der Waals surface area contributed by atoms with Crippen LogP contribution in [-0.4, -0.2) is 30.7 Å². The van der Waals surface area contributed by atoms with Crippen LogP contribution in [0.2, 0.25) is 0 Å². The number of ether oxygens (including phenoxy) is 1. The van der Waals surface area contributed by atoms with Crippen LogP contribution in [0.25, 0.3) is 0 Å². The van der Waals surface area contributed by atoms with Gasteiger partial charge in [0.15, 0.2) is 0 Å². The highest BCUT2D eigenvalue weighted by molar-refractivity contribution is 8.00. The van der Waals surface area contributed by atoms with Crippen LogP contribution in [-0.2, 0) is 14.3 Å².